The molecule has 2 aromatic carbocycles. The predicted molar refractivity (Wildman–Crippen MR) is 109 cm³/mol. The maximum atomic E-state index is 12.6. The van der Waals surface area contributed by atoms with Crippen LogP contribution in [0.25, 0.3) is 5.69 Å². The van der Waals surface area contributed by atoms with E-state index >= 15 is 0 Å². The molecule has 0 radical (unpaired) electrons. The number of carbonyl (C=O) groups is 1. The van der Waals surface area contributed by atoms with Gasteiger partial charge in [0.25, 0.3) is 11.9 Å². The number of ether oxygens (including phenoxy) is 1. The number of carbonyl (C=O) groups excluding carboxylic acids is 1. The lowest BCUT2D eigenvalue weighted by molar-refractivity contribution is 0.0907. The summed E-state index contributed by atoms with van der Waals surface area (Å²) in [5.41, 5.74) is 2.88. The number of nitrogens with zero attached hydrogens (tertiary/aromatic N) is 2. The zero-order valence-corrected chi connectivity index (χ0v) is 16.2. The van der Waals surface area contributed by atoms with Crippen molar-refractivity contribution >= 4 is 5.91 Å². The van der Waals surface area contributed by atoms with Gasteiger partial charge in [-0.3, -0.25) is 4.79 Å². The maximum Gasteiger partial charge on any atom is 0.290 e. The molecule has 4 rings (SSSR count). The molecule has 1 unspecified atom stereocenters. The van der Waals surface area contributed by atoms with Crippen molar-refractivity contribution in [3.8, 4) is 17.4 Å². The fourth-order valence-corrected chi connectivity index (χ4v) is 3.12. The standard InChI is InChI=1S/C23H21N3O3/c1-16(20-15-24-26(17(20)2)18-9-5-3-6-10-18)25-23(27)21-13-14-22(29-21)28-19-11-7-4-8-12-19/h3-16H,1-2H3,(H,25,27). The SMILES string of the molecule is Cc1c(C(C)NC(=O)c2ccc(Oc3ccccc3)o2)cnn1-c1ccccc1. The summed E-state index contributed by atoms with van der Waals surface area (Å²) < 4.78 is 13.0. The van der Waals surface area contributed by atoms with Crippen molar-refractivity contribution in [1.82, 2.24) is 15.1 Å². The minimum Gasteiger partial charge on any atom is -0.426 e. The van der Waals surface area contributed by atoms with Crippen LogP contribution in [0.4, 0.5) is 0 Å². The molecule has 1 amide bonds. The van der Waals surface area contributed by atoms with Crippen molar-refractivity contribution in [1.29, 1.82) is 0 Å². The third-order valence-electron chi connectivity index (χ3n) is 4.63. The van der Waals surface area contributed by atoms with E-state index in [-0.39, 0.29) is 23.7 Å². The average Bonchev–Trinajstić information content (AvgIpc) is 3.36. The number of hydrogen-bond acceptors (Lipinski definition) is 4. The molecule has 0 saturated carbocycles. The number of nitrogens with one attached hydrogen (secondary N) is 1. The highest BCUT2D eigenvalue weighted by molar-refractivity contribution is 5.91. The normalized spacial score (nSPS) is 11.8. The Labute approximate surface area is 168 Å². The molecule has 146 valence electrons. The van der Waals surface area contributed by atoms with Crippen molar-refractivity contribution in [2.75, 3.05) is 0 Å². The fraction of sp³-hybridized carbons (Fsp3) is 0.130. The minimum atomic E-state index is -0.313. The molecule has 1 N–H and O–H groups in total. The van der Waals surface area contributed by atoms with E-state index in [2.05, 4.69) is 10.4 Å². The van der Waals surface area contributed by atoms with Gasteiger partial charge in [0.2, 0.25) is 0 Å². The van der Waals surface area contributed by atoms with Crippen LogP contribution in [0.5, 0.6) is 11.7 Å². The molecule has 6 heteroatoms. The van der Waals surface area contributed by atoms with Gasteiger partial charge in [-0.15, -0.1) is 0 Å². The molecular weight excluding hydrogens is 366 g/mol. The fourth-order valence-electron chi connectivity index (χ4n) is 3.12. The average molecular weight is 387 g/mol. The highest BCUT2D eigenvalue weighted by Crippen LogP contribution is 2.24. The molecule has 0 saturated heterocycles. The molecule has 0 aliphatic carbocycles. The number of para-hydroxylation sites is 2. The Morgan fingerprint density at radius 3 is 2.45 bits per heavy atom. The molecule has 4 aromatic rings. The second-order valence-electron chi connectivity index (χ2n) is 6.66. The van der Waals surface area contributed by atoms with Crippen LogP contribution in [-0.2, 0) is 0 Å². The molecule has 0 spiro atoms. The summed E-state index contributed by atoms with van der Waals surface area (Å²) in [6.45, 7) is 3.90. The van der Waals surface area contributed by atoms with Gasteiger partial charge in [-0.25, -0.2) is 4.68 Å². The lowest BCUT2D eigenvalue weighted by atomic mass is 10.1. The van der Waals surface area contributed by atoms with E-state index in [1.165, 1.54) is 0 Å². The van der Waals surface area contributed by atoms with E-state index in [0.29, 0.717) is 5.75 Å². The molecule has 0 aliphatic heterocycles. The third-order valence-corrected chi connectivity index (χ3v) is 4.63. The summed E-state index contributed by atoms with van der Waals surface area (Å²) in [4.78, 5) is 12.6. The van der Waals surface area contributed by atoms with Crippen LogP contribution in [0.15, 0.2) is 83.4 Å². The largest absolute Gasteiger partial charge is 0.426 e. The second-order valence-corrected chi connectivity index (χ2v) is 6.66. The molecule has 0 fully saturated rings. The quantitative estimate of drug-likeness (QED) is 0.502. The van der Waals surface area contributed by atoms with Gasteiger partial charge in [0.15, 0.2) is 5.76 Å². The molecule has 0 bridgehead atoms. The zero-order valence-electron chi connectivity index (χ0n) is 16.2. The number of hydrogen-bond donors (Lipinski definition) is 1. The van der Waals surface area contributed by atoms with E-state index in [0.717, 1.165) is 16.9 Å². The van der Waals surface area contributed by atoms with Gasteiger partial charge in [-0.05, 0) is 44.2 Å². The summed E-state index contributed by atoms with van der Waals surface area (Å²) in [5.74, 6) is 0.788. The number of benzene rings is 2. The van der Waals surface area contributed by atoms with E-state index in [9.17, 15) is 4.79 Å². The molecule has 0 aliphatic rings. The Morgan fingerprint density at radius 1 is 1.03 bits per heavy atom. The van der Waals surface area contributed by atoms with Gasteiger partial charge < -0.3 is 14.5 Å². The van der Waals surface area contributed by atoms with Gasteiger partial charge in [0, 0.05) is 17.3 Å². The first-order valence-electron chi connectivity index (χ1n) is 9.35. The van der Waals surface area contributed by atoms with Gasteiger partial charge >= 0.3 is 0 Å². The first kappa shape index (κ1) is 18.6. The topological polar surface area (TPSA) is 69.3 Å². The van der Waals surface area contributed by atoms with Crippen LogP contribution >= 0.6 is 0 Å². The van der Waals surface area contributed by atoms with Crippen molar-refractivity contribution in [3.63, 3.8) is 0 Å². The number of aromatic nitrogens is 2. The number of amides is 1. The molecule has 6 nitrogen and oxygen atoms in total. The smallest absolute Gasteiger partial charge is 0.290 e. The van der Waals surface area contributed by atoms with Crippen molar-refractivity contribution in [3.05, 3.63) is 96.0 Å². The molecule has 1 atom stereocenters. The molecular formula is C23H21N3O3. The number of furan rings is 1. The monoisotopic (exact) mass is 387 g/mol. The first-order chi connectivity index (χ1) is 14.1. The molecule has 29 heavy (non-hydrogen) atoms. The van der Waals surface area contributed by atoms with Crippen LogP contribution in [0.1, 0.15) is 34.8 Å². The first-order valence-corrected chi connectivity index (χ1v) is 9.35. The summed E-state index contributed by atoms with van der Waals surface area (Å²) >= 11 is 0. The number of rotatable bonds is 6. The van der Waals surface area contributed by atoms with Gasteiger partial charge in [0.05, 0.1) is 17.9 Å². The van der Waals surface area contributed by atoms with Gasteiger partial charge in [0.1, 0.15) is 5.75 Å². The maximum absolute atomic E-state index is 12.6. The van der Waals surface area contributed by atoms with Crippen molar-refractivity contribution in [2.45, 2.75) is 19.9 Å². The Bertz CT molecular complexity index is 1100. The van der Waals surface area contributed by atoms with Crippen LogP contribution in [0, 0.1) is 6.92 Å². The van der Waals surface area contributed by atoms with E-state index in [1.54, 1.807) is 18.3 Å². The van der Waals surface area contributed by atoms with Crippen LogP contribution in [0.2, 0.25) is 0 Å². The Kier molecular flexibility index (Phi) is 5.16. The Balaban J connectivity index is 1.45. The van der Waals surface area contributed by atoms with E-state index in [1.807, 2.05) is 79.2 Å². The Morgan fingerprint density at radius 2 is 1.72 bits per heavy atom. The van der Waals surface area contributed by atoms with Crippen LogP contribution < -0.4 is 10.1 Å². The van der Waals surface area contributed by atoms with Crippen molar-refractivity contribution in [2.24, 2.45) is 0 Å². The van der Waals surface area contributed by atoms with Crippen molar-refractivity contribution < 1.29 is 13.9 Å². The van der Waals surface area contributed by atoms with Crippen LogP contribution in [0.3, 0.4) is 0 Å². The summed E-state index contributed by atoms with van der Waals surface area (Å²) in [6.07, 6.45) is 1.78. The summed E-state index contributed by atoms with van der Waals surface area (Å²) in [6, 6.07) is 22.1. The second kappa shape index (κ2) is 8.06. The summed E-state index contributed by atoms with van der Waals surface area (Å²) in [5, 5.41) is 7.41. The summed E-state index contributed by atoms with van der Waals surface area (Å²) in [7, 11) is 0. The highest BCUT2D eigenvalue weighted by atomic mass is 16.6. The predicted octanol–water partition coefficient (Wildman–Crippen LogP) is 5.06. The lowest BCUT2D eigenvalue weighted by Gasteiger charge is -2.13. The minimum absolute atomic E-state index is 0.191. The van der Waals surface area contributed by atoms with E-state index < -0.39 is 0 Å². The highest BCUT2D eigenvalue weighted by Gasteiger charge is 2.19. The zero-order chi connectivity index (χ0) is 20.2. The molecule has 2 aromatic heterocycles. The van der Waals surface area contributed by atoms with E-state index in [4.69, 9.17) is 9.15 Å². The van der Waals surface area contributed by atoms with Crippen LogP contribution in [-0.4, -0.2) is 15.7 Å². The lowest BCUT2D eigenvalue weighted by Crippen LogP contribution is -2.26. The molecule has 2 heterocycles. The third kappa shape index (κ3) is 4.06. The Hall–Kier alpha value is -3.80. The van der Waals surface area contributed by atoms with Gasteiger partial charge in [-0.2, -0.15) is 5.10 Å². The van der Waals surface area contributed by atoms with Gasteiger partial charge in [-0.1, -0.05) is 36.4 Å².